The van der Waals surface area contributed by atoms with E-state index in [4.69, 9.17) is 9.47 Å². The second-order valence-corrected chi connectivity index (χ2v) is 11.4. The van der Waals surface area contributed by atoms with Crippen molar-refractivity contribution >= 4 is 35.2 Å². The lowest BCUT2D eigenvalue weighted by atomic mass is 9.62. The van der Waals surface area contributed by atoms with Gasteiger partial charge >= 0.3 is 5.97 Å². The Balaban J connectivity index is 1.49. The highest BCUT2D eigenvalue weighted by Crippen LogP contribution is 2.62. The highest BCUT2D eigenvalue weighted by molar-refractivity contribution is 6.17. The molecule has 1 saturated heterocycles. The van der Waals surface area contributed by atoms with Crippen LogP contribution in [0.3, 0.4) is 0 Å². The maximum absolute atomic E-state index is 15.1. The summed E-state index contributed by atoms with van der Waals surface area (Å²) >= 11 is 0. The molecule has 3 heterocycles. The Morgan fingerprint density at radius 2 is 1.58 bits per heavy atom. The van der Waals surface area contributed by atoms with Crippen molar-refractivity contribution in [2.24, 2.45) is 5.92 Å². The number of Topliss-reactive ketones (excluding diaryl/α,β-unsaturated/α-hetero) is 2. The van der Waals surface area contributed by atoms with Gasteiger partial charge < -0.3 is 19.7 Å². The van der Waals surface area contributed by atoms with Crippen LogP contribution in [0.1, 0.15) is 57.3 Å². The first-order chi connectivity index (χ1) is 21.9. The number of carbonyl (C=O) groups is 4. The number of nitrogens with one attached hydrogen (secondary N) is 1. The Morgan fingerprint density at radius 3 is 2.36 bits per heavy atom. The number of hydrogen-bond acceptors (Lipinski definition) is 7. The van der Waals surface area contributed by atoms with Crippen molar-refractivity contribution < 1.29 is 28.7 Å². The summed E-state index contributed by atoms with van der Waals surface area (Å²) in [6.07, 6.45) is 3.75. The highest BCUT2D eigenvalue weighted by Gasteiger charge is 2.70. The molecule has 8 nitrogen and oxygen atoms in total. The summed E-state index contributed by atoms with van der Waals surface area (Å²) < 4.78 is 11.1. The number of ketones is 2. The molecule has 0 unspecified atom stereocenters. The zero-order valence-electron chi connectivity index (χ0n) is 24.7. The molecule has 0 aromatic heterocycles. The summed E-state index contributed by atoms with van der Waals surface area (Å²) in [6.45, 7) is 3.48. The lowest BCUT2D eigenvalue weighted by Gasteiger charge is -2.38. The molecule has 4 atom stereocenters. The predicted molar refractivity (Wildman–Crippen MR) is 168 cm³/mol. The summed E-state index contributed by atoms with van der Waals surface area (Å²) in [6, 6.07) is 26.7. The zero-order chi connectivity index (χ0) is 31.3. The molecule has 4 aromatic carbocycles. The van der Waals surface area contributed by atoms with Crippen molar-refractivity contribution in [1.29, 1.82) is 0 Å². The lowest BCUT2D eigenvalue weighted by molar-refractivity contribution is -0.131. The van der Waals surface area contributed by atoms with Gasteiger partial charge in [0.05, 0.1) is 24.1 Å². The van der Waals surface area contributed by atoms with Crippen LogP contribution < -0.4 is 14.8 Å². The topological polar surface area (TPSA) is 102 Å². The summed E-state index contributed by atoms with van der Waals surface area (Å²) in [5.74, 6) is -1.95. The number of esters is 1. The van der Waals surface area contributed by atoms with Crippen molar-refractivity contribution in [2.75, 3.05) is 11.9 Å². The largest absolute Gasteiger partial charge is 0.493 e. The van der Waals surface area contributed by atoms with Crippen LogP contribution in [0.15, 0.2) is 103 Å². The van der Waals surface area contributed by atoms with Gasteiger partial charge in [0, 0.05) is 24.4 Å². The van der Waals surface area contributed by atoms with E-state index in [2.05, 4.69) is 5.32 Å². The number of fused-ring (bicyclic) bond motifs is 6. The van der Waals surface area contributed by atoms with E-state index in [1.807, 2.05) is 72.6 Å². The smallest absolute Gasteiger partial charge is 0.308 e. The number of ether oxygens (including phenoxy) is 2. The summed E-state index contributed by atoms with van der Waals surface area (Å²) in [7, 11) is 0. The predicted octanol–water partition coefficient (Wildman–Crippen LogP) is 5.99. The van der Waals surface area contributed by atoms with Gasteiger partial charge in [-0.15, -0.1) is 0 Å². The minimum Gasteiger partial charge on any atom is -0.493 e. The van der Waals surface area contributed by atoms with Crippen LogP contribution in [0, 0.1) is 5.92 Å². The van der Waals surface area contributed by atoms with E-state index in [-0.39, 0.29) is 17.5 Å². The Labute approximate surface area is 260 Å². The third-order valence-corrected chi connectivity index (χ3v) is 8.97. The molecule has 0 bridgehead atoms. The number of hydrogen-bond donors (Lipinski definition) is 1. The summed E-state index contributed by atoms with van der Waals surface area (Å²) in [5.41, 5.74) is 2.22. The van der Waals surface area contributed by atoms with Crippen molar-refractivity contribution in [2.45, 2.75) is 31.3 Å². The molecule has 1 amide bonds. The van der Waals surface area contributed by atoms with Gasteiger partial charge in [-0.05, 0) is 72.2 Å². The van der Waals surface area contributed by atoms with Crippen LogP contribution in [0.5, 0.6) is 11.5 Å². The number of carbonyl (C=O) groups excluding carboxylic acids is 4. The normalized spacial score (nSPS) is 22.3. The fourth-order valence-corrected chi connectivity index (χ4v) is 7.31. The Hall–Kier alpha value is -5.50. The van der Waals surface area contributed by atoms with Gasteiger partial charge in [-0.1, -0.05) is 54.6 Å². The van der Waals surface area contributed by atoms with Gasteiger partial charge in [-0.25, -0.2) is 0 Å². The number of anilines is 1. The standard InChI is InChI=1S/C37H30N2O6/c1-3-44-30-15-9-6-12-27(30)34(42)31-32(33(41)24-16-18-25(19-17-24)45-22(2)40)39-21-20-23-10-4-5-11-26(23)35(39)37(31)28-13-7-8-14-29(28)38-36(37)43/h4-21,31-32,35H,3H2,1-2H3,(H,38,43)/t31-,32-,35-,37-/m1/s1. The van der Waals surface area contributed by atoms with Gasteiger partial charge in [0.2, 0.25) is 5.91 Å². The van der Waals surface area contributed by atoms with Gasteiger partial charge in [-0.2, -0.15) is 0 Å². The van der Waals surface area contributed by atoms with E-state index in [0.717, 1.165) is 11.1 Å². The number of para-hydroxylation sites is 2. The third-order valence-electron chi connectivity index (χ3n) is 8.97. The molecule has 1 spiro atoms. The average molecular weight is 599 g/mol. The molecule has 0 radical (unpaired) electrons. The van der Waals surface area contributed by atoms with Crippen molar-refractivity contribution in [3.8, 4) is 11.5 Å². The van der Waals surface area contributed by atoms with Crippen LogP contribution in [0.2, 0.25) is 0 Å². The van der Waals surface area contributed by atoms with Gasteiger partial charge in [0.1, 0.15) is 23.0 Å². The van der Waals surface area contributed by atoms with E-state index < -0.39 is 29.4 Å². The fourth-order valence-electron chi connectivity index (χ4n) is 7.31. The molecule has 0 aliphatic carbocycles. The number of benzene rings is 4. The SMILES string of the molecule is CCOc1ccccc1C(=O)[C@H]1[C@H](C(=O)c2ccc(OC(C)=O)cc2)N2C=Cc3ccccc3[C@@H]2[C@]12C(=O)Nc1ccccc12. The van der Waals surface area contributed by atoms with Crippen LogP contribution in [0.25, 0.3) is 6.08 Å². The van der Waals surface area contributed by atoms with Crippen LogP contribution in [-0.4, -0.2) is 41.0 Å². The van der Waals surface area contributed by atoms with E-state index in [1.54, 1.807) is 48.5 Å². The van der Waals surface area contributed by atoms with Gasteiger partial charge in [0.25, 0.3) is 0 Å². The Kier molecular flexibility index (Phi) is 6.85. The van der Waals surface area contributed by atoms with E-state index in [9.17, 15) is 14.4 Å². The highest BCUT2D eigenvalue weighted by atomic mass is 16.5. The Bertz CT molecular complexity index is 1900. The van der Waals surface area contributed by atoms with Crippen molar-refractivity contribution in [3.05, 3.63) is 131 Å². The second-order valence-electron chi connectivity index (χ2n) is 11.4. The van der Waals surface area contributed by atoms with Gasteiger partial charge in [0.15, 0.2) is 11.6 Å². The molecule has 3 aliphatic heterocycles. The molecule has 3 aliphatic rings. The first-order valence-electron chi connectivity index (χ1n) is 14.9. The van der Waals surface area contributed by atoms with Crippen LogP contribution >= 0.6 is 0 Å². The molecule has 8 heteroatoms. The quantitative estimate of drug-likeness (QED) is 0.158. The molecular formula is C37H30N2O6. The van der Waals surface area contributed by atoms with Crippen LogP contribution in [-0.2, 0) is 15.0 Å². The molecule has 4 aromatic rings. The maximum atomic E-state index is 15.1. The third kappa shape index (κ3) is 4.28. The second kappa shape index (κ2) is 10.9. The van der Waals surface area contributed by atoms with Gasteiger partial charge in [-0.3, -0.25) is 19.2 Å². The number of rotatable bonds is 7. The first-order valence-corrected chi connectivity index (χ1v) is 14.9. The molecule has 1 N–H and O–H groups in total. The number of amides is 1. The first kappa shape index (κ1) is 28.3. The lowest BCUT2D eigenvalue weighted by Crippen LogP contribution is -2.49. The Morgan fingerprint density at radius 1 is 0.867 bits per heavy atom. The van der Waals surface area contributed by atoms with Crippen LogP contribution in [0.4, 0.5) is 5.69 Å². The average Bonchev–Trinajstić information content (AvgIpc) is 3.53. The van der Waals surface area contributed by atoms with E-state index >= 15 is 4.79 Å². The van der Waals surface area contributed by atoms with E-state index in [1.165, 1.54) is 6.92 Å². The fraction of sp³-hybridized carbons (Fsp3) is 0.189. The summed E-state index contributed by atoms with van der Waals surface area (Å²) in [5, 5.41) is 3.06. The van der Waals surface area contributed by atoms with Crippen molar-refractivity contribution in [3.63, 3.8) is 0 Å². The molecule has 0 saturated carbocycles. The number of nitrogens with zero attached hydrogens (tertiary/aromatic N) is 1. The molecular weight excluding hydrogens is 568 g/mol. The maximum Gasteiger partial charge on any atom is 0.308 e. The molecule has 1 fully saturated rings. The molecule has 7 rings (SSSR count). The zero-order valence-corrected chi connectivity index (χ0v) is 24.7. The van der Waals surface area contributed by atoms with E-state index in [0.29, 0.717) is 40.5 Å². The minimum atomic E-state index is -1.45. The monoisotopic (exact) mass is 598 g/mol. The van der Waals surface area contributed by atoms with Crippen molar-refractivity contribution in [1.82, 2.24) is 4.90 Å². The summed E-state index contributed by atoms with van der Waals surface area (Å²) in [4.78, 5) is 57.9. The minimum absolute atomic E-state index is 0.300. The molecule has 45 heavy (non-hydrogen) atoms. The molecule has 224 valence electrons.